The summed E-state index contributed by atoms with van der Waals surface area (Å²) < 4.78 is 91.5. The van der Waals surface area contributed by atoms with Crippen LogP contribution in [0.2, 0.25) is 0 Å². The zero-order valence-electron chi connectivity index (χ0n) is 23.7. The van der Waals surface area contributed by atoms with E-state index >= 15 is 0 Å². The van der Waals surface area contributed by atoms with E-state index in [1.807, 2.05) is 0 Å². The zero-order valence-corrected chi connectivity index (χ0v) is 14.7. The Bertz CT molecular complexity index is 815. The molecule has 6 heteroatoms. The molecule has 0 N–H and O–H groups in total. The highest BCUT2D eigenvalue weighted by atomic mass is 16.7. The Labute approximate surface area is 153 Å². The van der Waals surface area contributed by atoms with Gasteiger partial charge in [0.05, 0.1) is 13.9 Å². The van der Waals surface area contributed by atoms with Crippen molar-refractivity contribution in [2.45, 2.75) is 78.5 Å². The van der Waals surface area contributed by atoms with Crippen molar-refractivity contribution in [2.75, 3.05) is 13.0 Å². The molecule has 1 fully saturated rings. The standard InChI is InChI=1S/C17H30BNO4/c1-12-11-19(14(20)21-15(2,3)4)10-9-13(12)18-22-16(5,6)17(7,8)23-18/h9-11H2,1-8H3/i1D3,9D2,10D2,11D2. The van der Waals surface area contributed by atoms with Gasteiger partial charge in [0.15, 0.2) is 0 Å². The summed E-state index contributed by atoms with van der Waals surface area (Å²) in [4.78, 5) is 12.7. The van der Waals surface area contributed by atoms with Crippen LogP contribution in [0.5, 0.6) is 0 Å². The molecule has 0 aromatic heterocycles. The van der Waals surface area contributed by atoms with Crippen LogP contribution in [0, 0.1) is 0 Å². The molecule has 0 aliphatic carbocycles. The van der Waals surface area contributed by atoms with Crippen molar-refractivity contribution in [3.8, 4) is 0 Å². The first-order valence-corrected chi connectivity index (χ1v) is 7.45. The molecule has 2 aliphatic rings. The van der Waals surface area contributed by atoms with Crippen LogP contribution in [0.3, 0.4) is 0 Å². The molecule has 0 aromatic rings. The molecule has 2 rings (SSSR count). The highest BCUT2D eigenvalue weighted by Crippen LogP contribution is 2.40. The second-order valence-corrected chi connectivity index (χ2v) is 7.54. The van der Waals surface area contributed by atoms with Gasteiger partial charge < -0.3 is 18.9 Å². The molecule has 130 valence electrons. The van der Waals surface area contributed by atoms with Crippen LogP contribution in [0.1, 0.15) is 74.0 Å². The summed E-state index contributed by atoms with van der Waals surface area (Å²) in [6, 6.07) is 0. The largest absolute Gasteiger partial charge is 0.490 e. The second-order valence-electron chi connectivity index (χ2n) is 7.54. The molecule has 5 nitrogen and oxygen atoms in total. The number of carbonyl (C=O) groups excluding carboxylic acids is 1. The number of carbonyl (C=O) groups is 1. The minimum Gasteiger partial charge on any atom is -0.444 e. The van der Waals surface area contributed by atoms with Crippen LogP contribution in [-0.4, -0.2) is 47.9 Å². The molecule has 0 atom stereocenters. The van der Waals surface area contributed by atoms with Crippen molar-refractivity contribution in [1.29, 1.82) is 0 Å². The monoisotopic (exact) mass is 332 g/mol. The summed E-state index contributed by atoms with van der Waals surface area (Å²) in [6.07, 6.45) is -4.74. The molecule has 1 amide bonds. The van der Waals surface area contributed by atoms with E-state index < -0.39 is 67.3 Å². The molecule has 0 aromatic carbocycles. The molecule has 2 aliphatic heterocycles. The van der Waals surface area contributed by atoms with Gasteiger partial charge in [-0.15, -0.1) is 0 Å². The third kappa shape index (κ3) is 3.91. The summed E-state index contributed by atoms with van der Waals surface area (Å²) >= 11 is 0. The Kier molecular flexibility index (Phi) is 2.39. The SMILES string of the molecule is [2H]C([2H])([2H])C1=C(B2OC(C)(C)C(C)(C)O2)C([2H])([2H])C([2H])([2H])N(C(=O)OC(C)(C)C)C1([2H])[2H]. The highest BCUT2D eigenvalue weighted by Gasteiger charge is 2.53. The third-order valence-electron chi connectivity index (χ3n) is 3.86. The van der Waals surface area contributed by atoms with E-state index in [-0.39, 0.29) is 4.90 Å². The first kappa shape index (κ1) is 9.47. The lowest BCUT2D eigenvalue weighted by atomic mass is 9.72. The molecule has 0 unspecified atom stereocenters. The molecule has 0 radical (unpaired) electrons. The van der Waals surface area contributed by atoms with Crippen molar-refractivity contribution in [3.05, 3.63) is 11.0 Å². The van der Waals surface area contributed by atoms with Crippen molar-refractivity contribution >= 4 is 13.2 Å². The Morgan fingerprint density at radius 1 is 1.30 bits per heavy atom. The van der Waals surface area contributed by atoms with Crippen LogP contribution in [0.25, 0.3) is 0 Å². The predicted octanol–water partition coefficient (Wildman–Crippen LogP) is 3.58. The maximum atomic E-state index is 12.8. The van der Waals surface area contributed by atoms with Gasteiger partial charge in [0.2, 0.25) is 0 Å². The van der Waals surface area contributed by atoms with Gasteiger partial charge in [0.25, 0.3) is 0 Å². The number of ether oxygens (including phenoxy) is 1. The normalized spacial score (nSPS) is 37.1. The van der Waals surface area contributed by atoms with Crippen molar-refractivity contribution in [2.24, 2.45) is 0 Å². The van der Waals surface area contributed by atoms with Gasteiger partial charge in [0, 0.05) is 22.6 Å². The van der Waals surface area contributed by atoms with Crippen LogP contribution in [-0.2, 0) is 14.0 Å². The average Bonchev–Trinajstić information content (AvgIpc) is 2.66. The number of amides is 1. The topological polar surface area (TPSA) is 48.0 Å². The van der Waals surface area contributed by atoms with Crippen molar-refractivity contribution < 1.29 is 31.2 Å². The molecule has 0 saturated carbocycles. The lowest BCUT2D eigenvalue weighted by Gasteiger charge is -2.32. The van der Waals surface area contributed by atoms with E-state index in [4.69, 9.17) is 26.4 Å². The van der Waals surface area contributed by atoms with Crippen molar-refractivity contribution in [3.63, 3.8) is 0 Å². The maximum absolute atomic E-state index is 12.8. The number of hydrogen-bond acceptors (Lipinski definition) is 4. The quantitative estimate of drug-likeness (QED) is 0.689. The predicted molar refractivity (Wildman–Crippen MR) is 91.2 cm³/mol. The maximum Gasteiger partial charge on any atom is 0.490 e. The molecular formula is C17H30BNO4. The summed E-state index contributed by atoms with van der Waals surface area (Å²) in [5.41, 5.74) is -5.21. The van der Waals surface area contributed by atoms with Gasteiger partial charge >= 0.3 is 13.2 Å². The second kappa shape index (κ2) is 5.81. The molecule has 0 bridgehead atoms. The van der Waals surface area contributed by atoms with Gasteiger partial charge in [-0.3, -0.25) is 0 Å². The lowest BCUT2D eigenvalue weighted by Crippen LogP contribution is -2.42. The van der Waals surface area contributed by atoms with Gasteiger partial charge in [-0.25, -0.2) is 4.79 Å². The summed E-state index contributed by atoms with van der Waals surface area (Å²) in [5.74, 6) is 0. The summed E-state index contributed by atoms with van der Waals surface area (Å²) in [5, 5.41) is 0. The van der Waals surface area contributed by atoms with E-state index in [9.17, 15) is 4.79 Å². The van der Waals surface area contributed by atoms with Crippen LogP contribution in [0.15, 0.2) is 11.0 Å². The van der Waals surface area contributed by atoms with Crippen LogP contribution in [0.4, 0.5) is 4.79 Å². The lowest BCUT2D eigenvalue weighted by molar-refractivity contribution is 0.00578. The summed E-state index contributed by atoms with van der Waals surface area (Å²) in [7, 11) is -1.70. The Morgan fingerprint density at radius 2 is 1.87 bits per heavy atom. The number of rotatable bonds is 1. The Morgan fingerprint density at radius 3 is 2.35 bits per heavy atom. The van der Waals surface area contributed by atoms with E-state index in [2.05, 4.69) is 0 Å². The van der Waals surface area contributed by atoms with E-state index in [0.29, 0.717) is 0 Å². The van der Waals surface area contributed by atoms with Crippen LogP contribution >= 0.6 is 0 Å². The molecule has 0 spiro atoms. The third-order valence-corrected chi connectivity index (χ3v) is 3.86. The zero-order chi connectivity index (χ0) is 25.5. The van der Waals surface area contributed by atoms with E-state index in [0.717, 1.165) is 0 Å². The van der Waals surface area contributed by atoms with Crippen molar-refractivity contribution in [1.82, 2.24) is 4.90 Å². The van der Waals surface area contributed by atoms with Gasteiger partial charge in [-0.1, -0.05) is 5.57 Å². The molecule has 2 heterocycles. The number of nitrogens with zero attached hydrogens (tertiary/aromatic N) is 1. The first-order valence-electron chi connectivity index (χ1n) is 12.0. The highest BCUT2D eigenvalue weighted by molar-refractivity contribution is 6.54. The minimum absolute atomic E-state index is 0.123. The van der Waals surface area contributed by atoms with E-state index in [1.54, 1.807) is 27.7 Å². The first-order chi connectivity index (χ1) is 13.8. The van der Waals surface area contributed by atoms with E-state index in [1.165, 1.54) is 20.8 Å². The molecule has 1 saturated heterocycles. The Hall–Kier alpha value is -1.01. The smallest absolute Gasteiger partial charge is 0.444 e. The average molecular weight is 332 g/mol. The fourth-order valence-corrected chi connectivity index (χ4v) is 1.92. The molecular weight excluding hydrogens is 293 g/mol. The molecule has 23 heavy (non-hydrogen) atoms. The van der Waals surface area contributed by atoms with Crippen LogP contribution < -0.4 is 0 Å². The van der Waals surface area contributed by atoms with Gasteiger partial charge in [-0.2, -0.15) is 0 Å². The minimum atomic E-state index is -3.35. The fourth-order valence-electron chi connectivity index (χ4n) is 1.92. The fraction of sp³-hybridized carbons (Fsp3) is 0.824. The van der Waals surface area contributed by atoms with Gasteiger partial charge in [0.1, 0.15) is 5.60 Å². The Balaban J connectivity index is 2.86. The van der Waals surface area contributed by atoms with Gasteiger partial charge in [-0.05, 0) is 67.2 Å². The summed E-state index contributed by atoms with van der Waals surface area (Å²) in [6.45, 7) is 1.03. The number of hydrogen-bond donors (Lipinski definition) is 0.